The molecule has 0 radical (unpaired) electrons. The number of hydrogen-bond acceptors (Lipinski definition) is 4. The molecule has 0 fully saturated rings. The van der Waals surface area contributed by atoms with Crippen molar-refractivity contribution in [3.63, 3.8) is 0 Å². The van der Waals surface area contributed by atoms with Gasteiger partial charge in [0.15, 0.2) is 46.5 Å². The quantitative estimate of drug-likeness (QED) is 0.0722. The number of alkyl halides is 6. The van der Waals surface area contributed by atoms with Gasteiger partial charge in [0.2, 0.25) is 0 Å². The molecule has 1 aromatic heterocycles. The molecule has 0 bridgehead atoms. The van der Waals surface area contributed by atoms with E-state index < -0.39 is 103 Å². The van der Waals surface area contributed by atoms with Crippen LogP contribution >= 0.6 is 23.1 Å². The minimum Gasteiger partial charge on any atom is -0.203 e. The van der Waals surface area contributed by atoms with Crippen LogP contribution in [-0.2, 0) is 28.6 Å². The monoisotopic (exact) mass is 1130 g/mol. The van der Waals surface area contributed by atoms with Gasteiger partial charge in [-0.1, -0.05) is 108 Å². The zero-order chi connectivity index (χ0) is 57.1. The Balaban J connectivity index is 0.849. The van der Waals surface area contributed by atoms with E-state index in [1.165, 1.54) is 40.3 Å². The normalized spacial score (nSPS) is 17.5. The molecule has 0 saturated carbocycles. The van der Waals surface area contributed by atoms with Crippen molar-refractivity contribution in [2.24, 2.45) is 0 Å². The second kappa shape index (κ2) is 17.8. The number of allylic oxidation sites excluding steroid dienone is 3. The van der Waals surface area contributed by atoms with Crippen molar-refractivity contribution < 1.29 is 61.5 Å². The number of rotatable bonds is 6. The summed E-state index contributed by atoms with van der Waals surface area (Å²) in [6.45, 7) is 12.3. The summed E-state index contributed by atoms with van der Waals surface area (Å²) in [5, 5.41) is 19.8. The van der Waals surface area contributed by atoms with E-state index in [9.17, 15) is 54.4 Å². The van der Waals surface area contributed by atoms with Gasteiger partial charge < -0.3 is 0 Å². The van der Waals surface area contributed by atoms with E-state index in [-0.39, 0.29) is 21.8 Å². The number of benzene rings is 6. The Labute approximate surface area is 450 Å². The highest BCUT2D eigenvalue weighted by Gasteiger charge is 2.48. The van der Waals surface area contributed by atoms with E-state index in [4.69, 9.17) is 0 Å². The highest BCUT2D eigenvalue weighted by Crippen LogP contribution is 2.65. The van der Waals surface area contributed by atoms with Gasteiger partial charge in [-0.15, -0.1) is 23.1 Å². The fourth-order valence-electron chi connectivity index (χ4n) is 11.7. The molecule has 6 aromatic carbocycles. The molecular formula is C61H36F14N2S2. The summed E-state index contributed by atoms with van der Waals surface area (Å²) in [7, 11) is 0. The predicted octanol–water partition coefficient (Wildman–Crippen LogP) is 19.2. The average molecular weight is 1130 g/mol. The molecule has 1 atom stereocenters. The smallest absolute Gasteiger partial charge is 0.203 e. The van der Waals surface area contributed by atoms with E-state index in [1.807, 2.05) is 45.9 Å². The van der Waals surface area contributed by atoms with Gasteiger partial charge in [0.1, 0.15) is 11.1 Å². The number of fused-ring (bicyclic) bond motifs is 8. The van der Waals surface area contributed by atoms with E-state index in [1.54, 1.807) is 47.4 Å². The van der Waals surface area contributed by atoms with Crippen molar-refractivity contribution in [1.29, 1.82) is 10.5 Å². The number of thiophene rings is 1. The van der Waals surface area contributed by atoms with Crippen LogP contribution in [0.2, 0.25) is 0 Å². The van der Waals surface area contributed by atoms with Crippen LogP contribution in [0.4, 0.5) is 61.5 Å². The number of nitriles is 2. The first kappa shape index (κ1) is 53.6. The standard InChI is InChI=1S/C61H36F14N2S2/c1-57(2)35-17-25(15-29(23-76)43-47(62)51(66)45(60(70,71)72)52(67)48(43)63)7-11-31(35)33-13-9-27(19-37(33)57)41-21-39-55(78-41)56-40(59(39,5)6)22-42(79-56)28-10-14-34-32-12-8-26(18-36(32)58(3,4)38(34)20-28)16-30(24-77)44-49(64)53(68)46(61(73,74)75)54(69)50(44)65/h7-21,42H,22H2,1-6H3/b29-15+,30-16+. The Bertz CT molecular complexity index is 4040. The van der Waals surface area contributed by atoms with Crippen molar-refractivity contribution in [1.82, 2.24) is 0 Å². The summed E-state index contributed by atoms with van der Waals surface area (Å²) < 4.78 is 198. The molecule has 3 aliphatic carbocycles. The molecular weight excluding hydrogens is 1090 g/mol. The zero-order valence-corrected chi connectivity index (χ0v) is 43.6. The number of nitrogens with zero attached hydrogens (tertiary/aromatic N) is 2. The first-order valence-electron chi connectivity index (χ1n) is 24.2. The zero-order valence-electron chi connectivity index (χ0n) is 41.9. The van der Waals surface area contributed by atoms with E-state index in [0.717, 1.165) is 84.0 Å². The van der Waals surface area contributed by atoms with Crippen LogP contribution in [0.5, 0.6) is 0 Å². The van der Waals surface area contributed by atoms with Gasteiger partial charge in [0.25, 0.3) is 0 Å². The molecule has 0 amide bonds. The lowest BCUT2D eigenvalue weighted by molar-refractivity contribution is -0.144. The largest absolute Gasteiger partial charge is 0.422 e. The van der Waals surface area contributed by atoms with Crippen molar-refractivity contribution >= 4 is 51.3 Å². The van der Waals surface area contributed by atoms with Crippen LogP contribution in [0.15, 0.2) is 84.4 Å². The highest BCUT2D eigenvalue weighted by atomic mass is 32.2. The summed E-state index contributed by atoms with van der Waals surface area (Å²) in [6, 6.07) is 27.4. The van der Waals surface area contributed by atoms with E-state index in [0.29, 0.717) is 0 Å². The van der Waals surface area contributed by atoms with Crippen molar-refractivity contribution in [2.45, 2.75) is 81.8 Å². The van der Waals surface area contributed by atoms with E-state index >= 15 is 17.6 Å². The summed E-state index contributed by atoms with van der Waals surface area (Å²) in [4.78, 5) is 3.37. The molecule has 2 heterocycles. The van der Waals surface area contributed by atoms with Gasteiger partial charge in [0, 0.05) is 36.2 Å². The molecule has 400 valence electrons. The van der Waals surface area contributed by atoms with E-state index in [2.05, 4.69) is 38.1 Å². The first-order valence-corrected chi connectivity index (χ1v) is 25.9. The Morgan fingerprint density at radius 1 is 0.506 bits per heavy atom. The van der Waals surface area contributed by atoms with Crippen LogP contribution in [0, 0.1) is 69.2 Å². The molecule has 4 aliphatic rings. The SMILES string of the molecule is CC1(C)C2=C(SC(c3ccc4c(c3)C(C)(C)c3cc(/C=C(\C#N)c5c(F)c(F)c(C(F)(F)F)c(F)c5F)ccc3-4)C2)c2sc(-c3ccc4c(c3)C(C)(C)c3cc(/C=C(\C#N)c5c(F)c(F)c(C(F)(F)F)c(F)c5F)ccc3-4)cc21. The molecule has 2 nitrogen and oxygen atoms in total. The lowest BCUT2D eigenvalue weighted by Gasteiger charge is -2.25. The number of thioether (sulfide) groups is 1. The van der Waals surface area contributed by atoms with Crippen LogP contribution in [0.1, 0.15) is 125 Å². The summed E-state index contributed by atoms with van der Waals surface area (Å²) in [5.41, 5.74) is -0.244. The number of halogens is 14. The van der Waals surface area contributed by atoms with Crippen LogP contribution in [0.25, 0.3) is 60.9 Å². The number of hydrogen-bond donors (Lipinski definition) is 0. The minimum absolute atomic E-state index is 0.0392. The molecule has 0 N–H and O–H groups in total. The average Bonchev–Trinajstić information content (AvgIpc) is 4.40. The maximum atomic E-state index is 15.0. The van der Waals surface area contributed by atoms with Gasteiger partial charge in [0.05, 0.1) is 34.4 Å². The maximum absolute atomic E-state index is 15.0. The lowest BCUT2D eigenvalue weighted by Crippen LogP contribution is -2.17. The second-order valence-corrected chi connectivity index (χ2v) is 23.6. The van der Waals surface area contributed by atoms with Crippen LogP contribution in [-0.4, -0.2) is 0 Å². The lowest BCUT2D eigenvalue weighted by atomic mass is 9.79. The Morgan fingerprint density at radius 2 is 0.911 bits per heavy atom. The van der Waals surface area contributed by atoms with Gasteiger partial charge in [-0.25, -0.2) is 35.1 Å². The summed E-state index contributed by atoms with van der Waals surface area (Å²) in [6.07, 6.45) is -8.80. The van der Waals surface area contributed by atoms with Crippen LogP contribution in [0.3, 0.4) is 0 Å². The molecule has 1 aliphatic heterocycles. The third-order valence-corrected chi connectivity index (χ3v) is 18.6. The first-order chi connectivity index (χ1) is 36.9. The Kier molecular flexibility index (Phi) is 12.1. The fraction of sp³-hybridized carbons (Fsp3) is 0.213. The molecule has 79 heavy (non-hydrogen) atoms. The molecule has 7 aromatic rings. The topological polar surface area (TPSA) is 47.6 Å². The highest BCUT2D eigenvalue weighted by molar-refractivity contribution is 8.09. The summed E-state index contributed by atoms with van der Waals surface area (Å²) in [5.74, 6) is -20.0. The van der Waals surface area contributed by atoms with Crippen molar-refractivity contribution in [2.75, 3.05) is 0 Å². The van der Waals surface area contributed by atoms with Gasteiger partial charge in [-0.2, -0.15) is 36.9 Å². The Morgan fingerprint density at radius 3 is 1.34 bits per heavy atom. The fourth-order valence-corrected chi connectivity index (χ4v) is 14.8. The maximum Gasteiger partial charge on any atom is 0.422 e. The molecule has 1 unspecified atom stereocenters. The second-order valence-electron chi connectivity index (χ2n) is 21.4. The summed E-state index contributed by atoms with van der Waals surface area (Å²) >= 11 is 3.46. The third kappa shape index (κ3) is 7.93. The third-order valence-electron chi connectivity index (χ3n) is 15.9. The Hall–Kier alpha value is -7.41. The van der Waals surface area contributed by atoms with Crippen molar-refractivity contribution in [3.8, 4) is 44.8 Å². The molecule has 0 spiro atoms. The predicted molar refractivity (Wildman–Crippen MR) is 276 cm³/mol. The van der Waals surface area contributed by atoms with Crippen LogP contribution < -0.4 is 0 Å². The van der Waals surface area contributed by atoms with Crippen molar-refractivity contribution in [3.05, 3.63) is 203 Å². The molecule has 0 saturated heterocycles. The molecule has 11 rings (SSSR count). The van der Waals surface area contributed by atoms with Gasteiger partial charge >= 0.3 is 12.4 Å². The minimum atomic E-state index is -5.75. The van der Waals surface area contributed by atoms with Gasteiger partial charge in [-0.3, -0.25) is 0 Å². The van der Waals surface area contributed by atoms with Gasteiger partial charge in [-0.05, 0) is 109 Å². The molecule has 18 heteroatoms.